The minimum absolute atomic E-state index is 0.0197. The van der Waals surface area contributed by atoms with Crippen LogP contribution < -0.4 is 4.74 Å². The smallest absolute Gasteiger partial charge is 0.330 e. The Morgan fingerprint density at radius 3 is 1.76 bits per heavy atom. The highest BCUT2D eigenvalue weighted by molar-refractivity contribution is 5.87. The zero-order chi connectivity index (χ0) is 23.9. The zero-order valence-corrected chi connectivity index (χ0v) is 18.2. The molecule has 2 aromatic carbocycles. The molecule has 0 amide bonds. The van der Waals surface area contributed by atoms with Crippen LogP contribution in [0, 0.1) is 0 Å². The minimum atomic E-state index is -0.562. The number of hydrogen-bond acceptors (Lipinski definition) is 7. The highest BCUT2D eigenvalue weighted by Gasteiger charge is 2.02. The second kappa shape index (κ2) is 14.0. The number of carbonyl (C=O) groups excluding carboxylic acids is 3. The second-order valence-electron chi connectivity index (χ2n) is 6.59. The fourth-order valence-electron chi connectivity index (χ4n) is 2.57. The van der Waals surface area contributed by atoms with E-state index in [2.05, 4.69) is 13.2 Å². The molecule has 172 valence electrons. The van der Waals surface area contributed by atoms with Gasteiger partial charge in [0.25, 0.3) is 0 Å². The first-order valence-corrected chi connectivity index (χ1v) is 10.3. The van der Waals surface area contributed by atoms with E-state index in [1.807, 2.05) is 48.5 Å². The van der Waals surface area contributed by atoms with Crippen LogP contribution in [0.25, 0.3) is 17.2 Å². The number of ether oxygens (including phenoxy) is 4. The molecule has 0 spiro atoms. The quantitative estimate of drug-likeness (QED) is 0.196. The van der Waals surface area contributed by atoms with Crippen LogP contribution in [-0.2, 0) is 28.6 Å². The third kappa shape index (κ3) is 9.69. The first-order chi connectivity index (χ1) is 16.0. The zero-order valence-electron chi connectivity index (χ0n) is 18.2. The molecule has 2 rings (SSSR count). The molecule has 0 unspecified atom stereocenters. The van der Waals surface area contributed by atoms with E-state index in [0.29, 0.717) is 13.0 Å². The molecule has 0 aliphatic carbocycles. The normalized spacial score (nSPS) is 10.3. The van der Waals surface area contributed by atoms with Gasteiger partial charge in [-0.3, -0.25) is 0 Å². The van der Waals surface area contributed by atoms with Crippen LogP contribution in [0.5, 0.6) is 5.75 Å². The maximum absolute atomic E-state index is 11.7. The van der Waals surface area contributed by atoms with Crippen molar-refractivity contribution in [2.45, 2.75) is 6.42 Å². The van der Waals surface area contributed by atoms with E-state index in [-0.39, 0.29) is 19.8 Å². The number of hydrogen-bond donors (Lipinski definition) is 0. The van der Waals surface area contributed by atoms with E-state index < -0.39 is 17.9 Å². The van der Waals surface area contributed by atoms with Crippen molar-refractivity contribution in [3.63, 3.8) is 0 Å². The van der Waals surface area contributed by atoms with Crippen LogP contribution in [0.4, 0.5) is 0 Å². The maximum Gasteiger partial charge on any atom is 0.330 e. The molecule has 0 fully saturated rings. The Kier molecular flexibility index (Phi) is 10.7. The lowest BCUT2D eigenvalue weighted by Crippen LogP contribution is -2.11. The van der Waals surface area contributed by atoms with Crippen molar-refractivity contribution in [3.8, 4) is 16.9 Å². The van der Waals surface area contributed by atoms with Crippen LogP contribution in [0.3, 0.4) is 0 Å². The van der Waals surface area contributed by atoms with Crippen LogP contribution in [0.1, 0.15) is 12.0 Å². The monoisotopic (exact) mass is 450 g/mol. The summed E-state index contributed by atoms with van der Waals surface area (Å²) < 4.78 is 20.2. The summed E-state index contributed by atoms with van der Waals surface area (Å²) in [5, 5.41) is 0. The van der Waals surface area contributed by atoms with Crippen molar-refractivity contribution in [2.24, 2.45) is 0 Å². The predicted molar refractivity (Wildman–Crippen MR) is 124 cm³/mol. The standard InChI is InChI=1S/C26H26O7/c1-3-24(27)31-17-5-16-30-23-13-11-22(12-14-23)21-9-6-20(7-10-21)8-15-26(29)33-19-18-32-25(28)4-2/h3-4,6-15H,1-2,5,16-19H2. The lowest BCUT2D eigenvalue weighted by molar-refractivity contribution is -0.145. The summed E-state index contributed by atoms with van der Waals surface area (Å²) in [5.41, 5.74) is 2.87. The summed E-state index contributed by atoms with van der Waals surface area (Å²) in [6.45, 7) is 7.29. The molecule has 7 heteroatoms. The molecular formula is C26H26O7. The first-order valence-electron chi connectivity index (χ1n) is 10.3. The largest absolute Gasteiger partial charge is 0.493 e. The Bertz CT molecular complexity index is 973. The van der Waals surface area contributed by atoms with E-state index in [4.69, 9.17) is 18.9 Å². The average Bonchev–Trinajstić information content (AvgIpc) is 2.85. The van der Waals surface area contributed by atoms with Gasteiger partial charge in [-0.2, -0.15) is 0 Å². The first kappa shape index (κ1) is 25.1. The van der Waals surface area contributed by atoms with Crippen molar-refractivity contribution in [1.29, 1.82) is 0 Å². The number of rotatable bonds is 13. The Labute approximate surface area is 192 Å². The van der Waals surface area contributed by atoms with Crippen LogP contribution in [0.2, 0.25) is 0 Å². The molecule has 0 atom stereocenters. The second-order valence-corrected chi connectivity index (χ2v) is 6.59. The minimum Gasteiger partial charge on any atom is -0.493 e. The van der Waals surface area contributed by atoms with Gasteiger partial charge in [0, 0.05) is 24.6 Å². The lowest BCUT2D eigenvalue weighted by atomic mass is 10.0. The molecular weight excluding hydrogens is 424 g/mol. The van der Waals surface area contributed by atoms with Crippen LogP contribution in [-0.4, -0.2) is 44.3 Å². The SMILES string of the molecule is C=CC(=O)OCCCOc1ccc(-c2ccc(C=CC(=O)OCCOC(=O)C=C)cc2)cc1. The van der Waals surface area contributed by atoms with Gasteiger partial charge < -0.3 is 18.9 Å². The van der Waals surface area contributed by atoms with Crippen molar-refractivity contribution in [1.82, 2.24) is 0 Å². The molecule has 0 saturated carbocycles. The van der Waals surface area contributed by atoms with Gasteiger partial charge in [0.1, 0.15) is 19.0 Å². The summed E-state index contributed by atoms with van der Waals surface area (Å²) in [7, 11) is 0. The summed E-state index contributed by atoms with van der Waals surface area (Å²) in [4.78, 5) is 33.5. The highest BCUT2D eigenvalue weighted by atomic mass is 16.6. The Morgan fingerprint density at radius 2 is 1.18 bits per heavy atom. The van der Waals surface area contributed by atoms with Gasteiger partial charge in [-0.15, -0.1) is 0 Å². The topological polar surface area (TPSA) is 88.1 Å². The van der Waals surface area contributed by atoms with E-state index >= 15 is 0 Å². The molecule has 0 N–H and O–H groups in total. The van der Waals surface area contributed by atoms with E-state index in [0.717, 1.165) is 34.6 Å². The Hall–Kier alpha value is -4.13. The molecule has 0 aliphatic rings. The summed E-state index contributed by atoms with van der Waals surface area (Å²) in [6, 6.07) is 15.3. The van der Waals surface area contributed by atoms with Gasteiger partial charge in [0.2, 0.25) is 0 Å². The van der Waals surface area contributed by atoms with Gasteiger partial charge in [-0.1, -0.05) is 49.6 Å². The fraction of sp³-hybridized carbons (Fsp3) is 0.192. The van der Waals surface area contributed by atoms with E-state index in [1.165, 1.54) is 6.08 Å². The number of carbonyl (C=O) groups is 3. The van der Waals surface area contributed by atoms with E-state index in [1.54, 1.807) is 6.08 Å². The third-order valence-corrected chi connectivity index (χ3v) is 4.22. The molecule has 0 radical (unpaired) electrons. The summed E-state index contributed by atoms with van der Waals surface area (Å²) >= 11 is 0. The van der Waals surface area contributed by atoms with Crippen molar-refractivity contribution < 1.29 is 33.3 Å². The molecule has 0 aliphatic heterocycles. The van der Waals surface area contributed by atoms with Gasteiger partial charge >= 0.3 is 17.9 Å². The number of esters is 3. The molecule has 0 heterocycles. The van der Waals surface area contributed by atoms with Crippen LogP contribution >= 0.6 is 0 Å². The number of benzene rings is 2. The maximum atomic E-state index is 11.7. The predicted octanol–water partition coefficient (Wildman–Crippen LogP) is 4.14. The van der Waals surface area contributed by atoms with E-state index in [9.17, 15) is 14.4 Å². The van der Waals surface area contributed by atoms with Gasteiger partial charge in [-0.05, 0) is 34.9 Å². The van der Waals surface area contributed by atoms with Crippen LogP contribution in [0.15, 0.2) is 79.9 Å². The van der Waals surface area contributed by atoms with Gasteiger partial charge in [0.05, 0.1) is 13.2 Å². The average molecular weight is 450 g/mol. The fourth-order valence-corrected chi connectivity index (χ4v) is 2.57. The van der Waals surface area contributed by atoms with Crippen molar-refractivity contribution >= 4 is 24.0 Å². The molecule has 7 nitrogen and oxygen atoms in total. The van der Waals surface area contributed by atoms with Gasteiger partial charge in [0.15, 0.2) is 0 Å². The molecule has 0 bridgehead atoms. The highest BCUT2D eigenvalue weighted by Crippen LogP contribution is 2.23. The van der Waals surface area contributed by atoms with Crippen molar-refractivity contribution in [2.75, 3.05) is 26.4 Å². The molecule has 0 saturated heterocycles. The Balaban J connectivity index is 1.77. The molecule has 0 aromatic heterocycles. The van der Waals surface area contributed by atoms with Crippen molar-refractivity contribution in [3.05, 3.63) is 85.5 Å². The summed E-state index contributed by atoms with van der Waals surface area (Å²) in [5.74, 6) is -0.800. The molecule has 2 aromatic rings. The molecule has 33 heavy (non-hydrogen) atoms. The van der Waals surface area contributed by atoms with Gasteiger partial charge in [-0.25, -0.2) is 14.4 Å². The third-order valence-electron chi connectivity index (χ3n) is 4.22. The lowest BCUT2D eigenvalue weighted by Gasteiger charge is -2.08. The summed E-state index contributed by atoms with van der Waals surface area (Å²) in [6.07, 6.45) is 5.72. The Morgan fingerprint density at radius 1 is 0.667 bits per heavy atom.